The Morgan fingerprint density at radius 1 is 1.00 bits per heavy atom. The van der Waals surface area contributed by atoms with Crippen LogP contribution in [0.25, 0.3) is 22.2 Å². The number of fused-ring (bicyclic) bond motifs is 1. The zero-order valence-electron chi connectivity index (χ0n) is 20.8. The molecule has 188 valence electrons. The quantitative estimate of drug-likeness (QED) is 0.413. The maximum absolute atomic E-state index is 13.7. The third kappa shape index (κ3) is 5.59. The van der Waals surface area contributed by atoms with Crippen molar-refractivity contribution in [3.8, 4) is 11.3 Å². The van der Waals surface area contributed by atoms with E-state index in [4.69, 9.17) is 9.72 Å². The van der Waals surface area contributed by atoms with Gasteiger partial charge in [0.05, 0.1) is 30.0 Å². The fourth-order valence-electron chi connectivity index (χ4n) is 4.47. The largest absolute Gasteiger partial charge is 0.378 e. The number of amides is 2. The highest BCUT2D eigenvalue weighted by atomic mass is 16.5. The van der Waals surface area contributed by atoms with Gasteiger partial charge in [-0.25, -0.2) is 4.98 Å². The third-order valence-electron chi connectivity index (χ3n) is 6.45. The van der Waals surface area contributed by atoms with E-state index in [9.17, 15) is 9.59 Å². The van der Waals surface area contributed by atoms with E-state index >= 15 is 0 Å². The highest BCUT2D eigenvalue weighted by Gasteiger charge is 2.21. The van der Waals surface area contributed by atoms with Crippen molar-refractivity contribution in [2.75, 3.05) is 49.6 Å². The van der Waals surface area contributed by atoms with Crippen molar-refractivity contribution in [1.29, 1.82) is 0 Å². The number of hydrogen-bond acceptors (Lipinski definition) is 6. The summed E-state index contributed by atoms with van der Waals surface area (Å²) in [5, 5.41) is 3.67. The molecule has 0 saturated carbocycles. The number of anilines is 2. The molecule has 0 spiro atoms. The zero-order valence-corrected chi connectivity index (χ0v) is 20.8. The number of carbonyl (C=O) groups is 2. The number of nitrogens with zero attached hydrogens (tertiary/aromatic N) is 4. The van der Waals surface area contributed by atoms with E-state index in [1.165, 1.54) is 0 Å². The van der Waals surface area contributed by atoms with Crippen molar-refractivity contribution in [2.45, 2.75) is 6.92 Å². The number of hydrogen-bond donors (Lipinski definition) is 1. The normalized spacial score (nSPS) is 13.4. The summed E-state index contributed by atoms with van der Waals surface area (Å²) in [6, 6.07) is 20.8. The number of morpholine rings is 1. The van der Waals surface area contributed by atoms with Crippen LogP contribution in [0.2, 0.25) is 0 Å². The highest BCUT2D eigenvalue weighted by Crippen LogP contribution is 2.26. The molecule has 37 heavy (non-hydrogen) atoms. The molecule has 8 heteroatoms. The van der Waals surface area contributed by atoms with Gasteiger partial charge in [0.25, 0.3) is 5.91 Å². The molecule has 0 unspecified atom stereocenters. The van der Waals surface area contributed by atoms with Crippen LogP contribution >= 0.6 is 0 Å². The predicted molar refractivity (Wildman–Crippen MR) is 145 cm³/mol. The summed E-state index contributed by atoms with van der Waals surface area (Å²) < 4.78 is 5.41. The van der Waals surface area contributed by atoms with Crippen LogP contribution in [0, 0.1) is 0 Å². The van der Waals surface area contributed by atoms with Crippen molar-refractivity contribution in [3.05, 3.63) is 84.7 Å². The molecule has 1 N–H and O–H groups in total. The van der Waals surface area contributed by atoms with Crippen molar-refractivity contribution >= 4 is 34.1 Å². The molecule has 8 nitrogen and oxygen atoms in total. The Balaban J connectivity index is 1.33. The van der Waals surface area contributed by atoms with Crippen LogP contribution in [0.15, 0.2) is 79.1 Å². The first-order chi connectivity index (χ1) is 18.1. The number of para-hydroxylation sites is 1. The third-order valence-corrected chi connectivity index (χ3v) is 6.45. The van der Waals surface area contributed by atoms with Crippen molar-refractivity contribution in [1.82, 2.24) is 14.9 Å². The molecule has 3 heterocycles. The van der Waals surface area contributed by atoms with Crippen molar-refractivity contribution < 1.29 is 14.3 Å². The van der Waals surface area contributed by atoms with Gasteiger partial charge in [0.2, 0.25) is 5.91 Å². The number of pyridine rings is 2. The lowest BCUT2D eigenvalue weighted by molar-refractivity contribution is -0.116. The van der Waals surface area contributed by atoms with Crippen LogP contribution in [-0.4, -0.2) is 66.1 Å². The molecule has 5 rings (SSSR count). The monoisotopic (exact) mass is 495 g/mol. The molecule has 0 aliphatic carbocycles. The molecule has 2 aromatic carbocycles. The molecule has 2 aromatic heterocycles. The molecule has 1 fully saturated rings. The van der Waals surface area contributed by atoms with E-state index in [2.05, 4.69) is 15.2 Å². The van der Waals surface area contributed by atoms with Gasteiger partial charge in [-0.3, -0.25) is 14.6 Å². The number of aromatic nitrogens is 2. The van der Waals surface area contributed by atoms with E-state index in [0.29, 0.717) is 23.5 Å². The Kier molecular flexibility index (Phi) is 7.37. The molecule has 1 saturated heterocycles. The zero-order chi connectivity index (χ0) is 25.6. The first kappa shape index (κ1) is 24.4. The standard InChI is InChI=1S/C29H29N5O3/c1-2-33(20-28(35)31-22-7-9-23(10-8-22)34-15-17-37-18-16-34)29(36)25-19-27(21-11-13-30-14-12-21)32-26-6-4-3-5-24(25)26/h3-14,19H,2,15-18,20H2,1H3,(H,31,35). The lowest BCUT2D eigenvalue weighted by Gasteiger charge is -2.29. The molecular formula is C29H29N5O3. The van der Waals surface area contributed by atoms with Gasteiger partial charge < -0.3 is 19.9 Å². The minimum absolute atomic E-state index is 0.0538. The fourth-order valence-corrected chi connectivity index (χ4v) is 4.47. The van der Waals surface area contributed by atoms with E-state index in [1.54, 1.807) is 23.4 Å². The van der Waals surface area contributed by atoms with E-state index < -0.39 is 0 Å². The SMILES string of the molecule is CCN(CC(=O)Nc1ccc(N2CCOCC2)cc1)C(=O)c1cc(-c2ccncc2)nc2ccccc12. The number of likely N-dealkylation sites (N-methyl/N-ethyl adjacent to an activating group) is 1. The lowest BCUT2D eigenvalue weighted by atomic mass is 10.0. The Labute approximate surface area is 215 Å². The van der Waals surface area contributed by atoms with Crippen LogP contribution in [0.1, 0.15) is 17.3 Å². The molecule has 1 aliphatic rings. The molecule has 2 amide bonds. The fraction of sp³-hybridized carbons (Fsp3) is 0.241. The maximum Gasteiger partial charge on any atom is 0.255 e. The van der Waals surface area contributed by atoms with Crippen LogP contribution in [0.3, 0.4) is 0 Å². The summed E-state index contributed by atoms with van der Waals surface area (Å²) >= 11 is 0. The summed E-state index contributed by atoms with van der Waals surface area (Å²) in [4.78, 5) is 39.2. The summed E-state index contributed by atoms with van der Waals surface area (Å²) in [7, 11) is 0. The summed E-state index contributed by atoms with van der Waals surface area (Å²) in [5.74, 6) is -0.462. The van der Waals surface area contributed by atoms with E-state index in [-0.39, 0.29) is 18.4 Å². The van der Waals surface area contributed by atoms with Crippen LogP contribution in [0.4, 0.5) is 11.4 Å². The van der Waals surface area contributed by atoms with Gasteiger partial charge in [0.15, 0.2) is 0 Å². The number of benzene rings is 2. The average molecular weight is 496 g/mol. The second-order valence-corrected chi connectivity index (χ2v) is 8.82. The van der Waals surface area contributed by atoms with Crippen LogP contribution in [0.5, 0.6) is 0 Å². The first-order valence-electron chi connectivity index (χ1n) is 12.4. The van der Waals surface area contributed by atoms with Gasteiger partial charge in [0.1, 0.15) is 6.54 Å². The second-order valence-electron chi connectivity index (χ2n) is 8.82. The topological polar surface area (TPSA) is 87.7 Å². The van der Waals surface area contributed by atoms with Crippen LogP contribution < -0.4 is 10.2 Å². The van der Waals surface area contributed by atoms with Gasteiger partial charge in [-0.05, 0) is 55.5 Å². The summed E-state index contributed by atoms with van der Waals surface area (Å²) in [5.41, 5.74) is 4.59. The highest BCUT2D eigenvalue weighted by molar-refractivity contribution is 6.08. The minimum atomic E-state index is -0.248. The summed E-state index contributed by atoms with van der Waals surface area (Å²) in [6.45, 7) is 5.35. The van der Waals surface area contributed by atoms with E-state index in [0.717, 1.165) is 48.5 Å². The van der Waals surface area contributed by atoms with Gasteiger partial charge in [0, 0.05) is 54.4 Å². The molecule has 1 aliphatic heterocycles. The van der Waals surface area contributed by atoms with Crippen LogP contribution in [-0.2, 0) is 9.53 Å². The average Bonchev–Trinajstić information content (AvgIpc) is 2.96. The Morgan fingerprint density at radius 2 is 1.73 bits per heavy atom. The Bertz CT molecular complexity index is 1390. The predicted octanol–water partition coefficient (Wildman–Crippen LogP) is 4.23. The molecule has 4 aromatic rings. The molecular weight excluding hydrogens is 466 g/mol. The first-order valence-corrected chi connectivity index (χ1v) is 12.4. The lowest BCUT2D eigenvalue weighted by Crippen LogP contribution is -2.38. The smallest absolute Gasteiger partial charge is 0.255 e. The number of nitrogens with one attached hydrogen (secondary N) is 1. The van der Waals surface area contributed by atoms with Crippen molar-refractivity contribution in [2.24, 2.45) is 0 Å². The number of carbonyl (C=O) groups excluding carboxylic acids is 2. The van der Waals surface area contributed by atoms with Gasteiger partial charge in [-0.2, -0.15) is 0 Å². The van der Waals surface area contributed by atoms with E-state index in [1.807, 2.05) is 67.6 Å². The molecule has 0 bridgehead atoms. The van der Waals surface area contributed by atoms with Crippen molar-refractivity contribution in [3.63, 3.8) is 0 Å². The maximum atomic E-state index is 13.7. The Morgan fingerprint density at radius 3 is 2.46 bits per heavy atom. The molecule has 0 atom stereocenters. The van der Waals surface area contributed by atoms with Gasteiger partial charge in [-0.1, -0.05) is 18.2 Å². The molecule has 0 radical (unpaired) electrons. The summed E-state index contributed by atoms with van der Waals surface area (Å²) in [6.07, 6.45) is 3.40. The minimum Gasteiger partial charge on any atom is -0.378 e. The second kappa shape index (κ2) is 11.2. The number of rotatable bonds is 7. The van der Waals surface area contributed by atoms with Gasteiger partial charge in [-0.15, -0.1) is 0 Å². The van der Waals surface area contributed by atoms with Gasteiger partial charge >= 0.3 is 0 Å². The number of ether oxygens (including phenoxy) is 1. The Hall–Kier alpha value is -4.30.